The van der Waals surface area contributed by atoms with Crippen LogP contribution < -0.4 is 10.6 Å². The van der Waals surface area contributed by atoms with Crippen molar-refractivity contribution in [1.29, 1.82) is 0 Å². The van der Waals surface area contributed by atoms with Crippen molar-refractivity contribution in [3.63, 3.8) is 0 Å². The molecule has 4 nitrogen and oxygen atoms in total. The fraction of sp³-hybridized carbons (Fsp3) is 0.364. The van der Waals surface area contributed by atoms with E-state index in [1.54, 1.807) is 12.1 Å². The van der Waals surface area contributed by atoms with Gasteiger partial charge in [0.25, 0.3) is 5.91 Å². The molecule has 1 aliphatic rings. The Hall–Kier alpha value is -2.62. The smallest absolute Gasteiger partial charge is 0.251 e. The van der Waals surface area contributed by atoms with Crippen LogP contribution in [0.25, 0.3) is 0 Å². The second kappa shape index (κ2) is 8.65. The first-order valence-corrected chi connectivity index (χ1v) is 9.35. The summed E-state index contributed by atoms with van der Waals surface area (Å²) in [5, 5.41) is 5.95. The maximum Gasteiger partial charge on any atom is 0.251 e. The molecule has 0 saturated heterocycles. The molecule has 2 aromatic carbocycles. The Labute approximate surface area is 155 Å². The van der Waals surface area contributed by atoms with Gasteiger partial charge in [-0.15, -0.1) is 0 Å². The van der Waals surface area contributed by atoms with E-state index >= 15 is 0 Å². The van der Waals surface area contributed by atoms with E-state index < -0.39 is 0 Å². The molecule has 4 heteroatoms. The lowest BCUT2D eigenvalue weighted by Gasteiger charge is -2.42. The minimum absolute atomic E-state index is 0.0566. The van der Waals surface area contributed by atoms with Crippen LogP contribution in [-0.2, 0) is 10.2 Å². The van der Waals surface area contributed by atoms with Crippen LogP contribution >= 0.6 is 0 Å². The average Bonchev–Trinajstić information content (AvgIpc) is 2.66. The van der Waals surface area contributed by atoms with Gasteiger partial charge in [0, 0.05) is 30.5 Å². The third-order valence-electron chi connectivity index (χ3n) is 5.22. The van der Waals surface area contributed by atoms with Crippen LogP contribution in [0.15, 0.2) is 60.7 Å². The Morgan fingerprint density at radius 1 is 0.885 bits per heavy atom. The predicted octanol–water partition coefficient (Wildman–Crippen LogP) is 3.43. The molecular weight excluding hydrogens is 324 g/mol. The quantitative estimate of drug-likeness (QED) is 0.717. The summed E-state index contributed by atoms with van der Waals surface area (Å²) in [6.07, 6.45) is 4.55. The molecule has 2 aromatic rings. The van der Waals surface area contributed by atoms with E-state index in [4.69, 9.17) is 0 Å². The SMILES string of the molecule is O=C(CCCNC(=O)c1ccccc1)NCC1(c2ccccc2)CCC1. The zero-order valence-corrected chi connectivity index (χ0v) is 15.0. The van der Waals surface area contributed by atoms with Crippen molar-refractivity contribution in [1.82, 2.24) is 10.6 Å². The molecule has 2 N–H and O–H groups in total. The third-order valence-corrected chi connectivity index (χ3v) is 5.22. The summed E-state index contributed by atoms with van der Waals surface area (Å²) in [5.41, 5.74) is 2.08. The highest BCUT2D eigenvalue weighted by Crippen LogP contribution is 2.43. The Bertz CT molecular complexity index is 724. The molecule has 0 heterocycles. The standard InChI is InChI=1S/C22H26N2O2/c25-20(13-7-16-23-21(26)18-9-3-1-4-10-18)24-17-22(14-8-15-22)19-11-5-2-6-12-19/h1-6,9-12H,7-8,13-17H2,(H,23,26)(H,24,25). The summed E-state index contributed by atoms with van der Waals surface area (Å²) >= 11 is 0. The number of hydrogen-bond acceptors (Lipinski definition) is 2. The predicted molar refractivity (Wildman–Crippen MR) is 103 cm³/mol. The highest BCUT2D eigenvalue weighted by molar-refractivity contribution is 5.94. The summed E-state index contributed by atoms with van der Waals surface area (Å²) in [6.45, 7) is 1.21. The highest BCUT2D eigenvalue weighted by atomic mass is 16.2. The molecule has 0 atom stereocenters. The van der Waals surface area contributed by atoms with Crippen LogP contribution in [0.4, 0.5) is 0 Å². The number of hydrogen-bond donors (Lipinski definition) is 2. The van der Waals surface area contributed by atoms with Crippen molar-refractivity contribution in [2.24, 2.45) is 0 Å². The van der Waals surface area contributed by atoms with Gasteiger partial charge in [-0.3, -0.25) is 9.59 Å². The van der Waals surface area contributed by atoms with Gasteiger partial charge in [-0.25, -0.2) is 0 Å². The van der Waals surface area contributed by atoms with Crippen LogP contribution in [0.2, 0.25) is 0 Å². The maximum absolute atomic E-state index is 12.2. The van der Waals surface area contributed by atoms with Gasteiger partial charge in [0.15, 0.2) is 0 Å². The van der Waals surface area contributed by atoms with E-state index in [0.717, 1.165) is 12.8 Å². The molecule has 1 fully saturated rings. The fourth-order valence-corrected chi connectivity index (χ4v) is 3.46. The Morgan fingerprint density at radius 2 is 1.54 bits per heavy atom. The minimum atomic E-state index is -0.0940. The number of carbonyl (C=O) groups is 2. The lowest BCUT2D eigenvalue weighted by molar-refractivity contribution is -0.121. The normalized spacial score (nSPS) is 14.9. The van der Waals surface area contributed by atoms with Gasteiger partial charge in [-0.1, -0.05) is 55.0 Å². The summed E-state index contributed by atoms with van der Waals surface area (Å²) in [4.78, 5) is 24.1. The van der Waals surface area contributed by atoms with Gasteiger partial charge in [0.2, 0.25) is 5.91 Å². The topological polar surface area (TPSA) is 58.2 Å². The van der Waals surface area contributed by atoms with Gasteiger partial charge in [0.1, 0.15) is 0 Å². The van der Waals surface area contributed by atoms with Gasteiger partial charge in [-0.05, 0) is 37.0 Å². The summed E-state index contributed by atoms with van der Waals surface area (Å²) in [5.74, 6) is -0.0373. The lowest BCUT2D eigenvalue weighted by atomic mass is 9.64. The molecular formula is C22H26N2O2. The van der Waals surface area contributed by atoms with Crippen LogP contribution in [0, 0.1) is 0 Å². The number of rotatable bonds is 8. The molecule has 0 unspecified atom stereocenters. The number of benzene rings is 2. The summed E-state index contributed by atoms with van der Waals surface area (Å²) in [6, 6.07) is 19.6. The third kappa shape index (κ3) is 4.51. The fourth-order valence-electron chi connectivity index (χ4n) is 3.46. The molecule has 0 radical (unpaired) electrons. The molecule has 2 amide bonds. The van der Waals surface area contributed by atoms with Crippen molar-refractivity contribution < 1.29 is 9.59 Å². The van der Waals surface area contributed by atoms with Crippen LogP contribution in [-0.4, -0.2) is 24.9 Å². The molecule has 3 rings (SSSR count). The number of amides is 2. The zero-order chi connectivity index (χ0) is 18.2. The van der Waals surface area contributed by atoms with E-state index in [-0.39, 0.29) is 17.2 Å². The lowest BCUT2D eigenvalue weighted by Crippen LogP contribution is -2.45. The summed E-state index contributed by atoms with van der Waals surface area (Å²) in [7, 11) is 0. The van der Waals surface area contributed by atoms with E-state index in [0.29, 0.717) is 31.5 Å². The van der Waals surface area contributed by atoms with Crippen molar-refractivity contribution in [2.45, 2.75) is 37.5 Å². The van der Waals surface area contributed by atoms with E-state index in [9.17, 15) is 9.59 Å². The van der Waals surface area contributed by atoms with E-state index in [2.05, 4.69) is 34.9 Å². The Kier molecular flexibility index (Phi) is 6.05. The maximum atomic E-state index is 12.2. The monoisotopic (exact) mass is 350 g/mol. The van der Waals surface area contributed by atoms with E-state index in [1.807, 2.05) is 24.3 Å². The van der Waals surface area contributed by atoms with Gasteiger partial charge in [0.05, 0.1) is 0 Å². The second-order valence-corrected chi connectivity index (χ2v) is 7.00. The second-order valence-electron chi connectivity index (χ2n) is 7.00. The van der Waals surface area contributed by atoms with Crippen LogP contribution in [0.1, 0.15) is 48.0 Å². The molecule has 0 aliphatic heterocycles. The van der Waals surface area contributed by atoms with Crippen LogP contribution in [0.5, 0.6) is 0 Å². The van der Waals surface area contributed by atoms with Gasteiger partial charge < -0.3 is 10.6 Å². The van der Waals surface area contributed by atoms with Crippen molar-refractivity contribution in [3.8, 4) is 0 Å². The molecule has 0 bridgehead atoms. The van der Waals surface area contributed by atoms with E-state index in [1.165, 1.54) is 12.0 Å². The first-order valence-electron chi connectivity index (χ1n) is 9.35. The van der Waals surface area contributed by atoms with Crippen molar-refractivity contribution in [3.05, 3.63) is 71.8 Å². The van der Waals surface area contributed by atoms with Crippen molar-refractivity contribution in [2.75, 3.05) is 13.1 Å². The van der Waals surface area contributed by atoms with Crippen LogP contribution in [0.3, 0.4) is 0 Å². The highest BCUT2D eigenvalue weighted by Gasteiger charge is 2.38. The van der Waals surface area contributed by atoms with Crippen molar-refractivity contribution >= 4 is 11.8 Å². The minimum Gasteiger partial charge on any atom is -0.355 e. The first-order chi connectivity index (χ1) is 12.7. The zero-order valence-electron chi connectivity index (χ0n) is 15.0. The molecule has 1 saturated carbocycles. The number of nitrogens with one attached hydrogen (secondary N) is 2. The summed E-state index contributed by atoms with van der Waals surface area (Å²) < 4.78 is 0. The molecule has 26 heavy (non-hydrogen) atoms. The Morgan fingerprint density at radius 3 is 2.15 bits per heavy atom. The first kappa shape index (κ1) is 18.2. The van der Waals surface area contributed by atoms with Gasteiger partial charge in [-0.2, -0.15) is 0 Å². The molecule has 136 valence electrons. The number of carbonyl (C=O) groups excluding carboxylic acids is 2. The van der Waals surface area contributed by atoms with Gasteiger partial charge >= 0.3 is 0 Å². The largest absolute Gasteiger partial charge is 0.355 e. The molecule has 0 aromatic heterocycles. The Balaban J connectivity index is 1.37. The average molecular weight is 350 g/mol. The molecule has 0 spiro atoms. The molecule has 1 aliphatic carbocycles.